The predicted molar refractivity (Wildman–Crippen MR) is 272 cm³/mol. The number of fused-ring (bicyclic) bond motifs is 1. The number of carbonyl (C=O) groups excluding carboxylic acids is 1. The number of aromatic nitrogens is 6. The lowest BCUT2D eigenvalue weighted by atomic mass is 9.49. The molecule has 6 heterocycles. The minimum absolute atomic E-state index is 0.162. The van der Waals surface area contributed by atoms with Gasteiger partial charge in [0.05, 0.1) is 35.1 Å². The van der Waals surface area contributed by atoms with Gasteiger partial charge in [-0.15, -0.1) is 0 Å². The van der Waals surface area contributed by atoms with Crippen molar-refractivity contribution < 1.29 is 24.1 Å². The summed E-state index contributed by atoms with van der Waals surface area (Å²) in [6, 6.07) is 13.4. The van der Waals surface area contributed by atoms with Crippen LogP contribution < -0.4 is 29.9 Å². The number of halogens is 1. The summed E-state index contributed by atoms with van der Waals surface area (Å²) in [5.41, 5.74) is 3.09. The summed E-state index contributed by atoms with van der Waals surface area (Å²) in [7, 11) is 0. The second kappa shape index (κ2) is 23.0. The molecule has 16 nitrogen and oxygen atoms in total. The van der Waals surface area contributed by atoms with Gasteiger partial charge in [-0.05, 0) is 75.5 Å². The van der Waals surface area contributed by atoms with E-state index in [0.717, 1.165) is 125 Å². The molecule has 1 saturated carbocycles. The van der Waals surface area contributed by atoms with E-state index >= 15 is 0 Å². The number of nitrogens with one attached hydrogen (secondary N) is 2. The number of carbonyl (C=O) groups is 1. The van der Waals surface area contributed by atoms with Crippen LogP contribution in [0, 0.1) is 22.2 Å². The van der Waals surface area contributed by atoms with Crippen LogP contribution >= 0.6 is 11.6 Å². The second-order valence-electron chi connectivity index (χ2n) is 20.2. The summed E-state index contributed by atoms with van der Waals surface area (Å²) >= 11 is 6.25. The number of aliphatic hydroxyl groups excluding tert-OH is 1. The highest BCUT2D eigenvalue weighted by atomic mass is 35.5. The van der Waals surface area contributed by atoms with Gasteiger partial charge in [0.1, 0.15) is 29.6 Å². The number of nitriles is 1. The van der Waals surface area contributed by atoms with Gasteiger partial charge in [0, 0.05) is 105 Å². The molecular formula is C53H70ClN11O5. The first kappa shape index (κ1) is 50.6. The smallest absolute Gasteiger partial charge is 0.254 e. The van der Waals surface area contributed by atoms with Crippen LogP contribution in [0.15, 0.2) is 61.2 Å². The summed E-state index contributed by atoms with van der Waals surface area (Å²) in [6.07, 6.45) is 19.2. The van der Waals surface area contributed by atoms with E-state index in [0.29, 0.717) is 46.9 Å². The average Bonchev–Trinajstić information content (AvgIpc) is 3.80. The molecule has 1 atom stereocenters. The van der Waals surface area contributed by atoms with Crippen molar-refractivity contribution in [3.8, 4) is 17.7 Å². The quantitative estimate of drug-likeness (QED) is 0.0558. The van der Waals surface area contributed by atoms with Crippen LogP contribution in [-0.2, 0) is 17.7 Å². The Kier molecular flexibility index (Phi) is 16.6. The lowest BCUT2D eigenvalue weighted by Crippen LogP contribution is -2.74. The lowest BCUT2D eigenvalue weighted by Gasteiger charge is -2.63. The maximum Gasteiger partial charge on any atom is 0.254 e. The standard InChI is InChI=1S/C53H70ClN11O5/c1-6-37-35-60-65-44(29-45(61-47(37)65)64-22-11-10-14-40(64)21-25-66)56-31-36-15-18-46(57-32-36)69-27-13-9-7-8-12-26-68-41-19-23-63(24-20-41)51-58-33-39(34-59-51)48(67)62-49-52(2,3)50(53(49,4)5)70-42-17-16-38(30-55)43(54)28-42/h15-18,28-29,32-35,40-41,49-50,56,66H,6-14,19-27,31H2,1-5H3,(H,62,67)/t40-,49?,50?/m0/s1. The normalized spacial score (nSPS) is 19.9. The van der Waals surface area contributed by atoms with E-state index in [4.69, 9.17) is 30.8 Å². The van der Waals surface area contributed by atoms with Crippen LogP contribution in [0.2, 0.25) is 5.02 Å². The van der Waals surface area contributed by atoms with Crippen molar-refractivity contribution in [3.05, 3.63) is 88.5 Å². The maximum absolute atomic E-state index is 13.4. The molecule has 0 spiro atoms. The van der Waals surface area contributed by atoms with Crippen LogP contribution in [0.3, 0.4) is 0 Å². The molecule has 3 N–H and O–H groups in total. The highest BCUT2D eigenvalue weighted by molar-refractivity contribution is 6.31. The molecule has 1 aliphatic carbocycles. The van der Waals surface area contributed by atoms with Gasteiger partial charge in [-0.25, -0.2) is 19.9 Å². The van der Waals surface area contributed by atoms with Gasteiger partial charge in [-0.2, -0.15) is 14.9 Å². The van der Waals surface area contributed by atoms with E-state index in [2.05, 4.69) is 93.3 Å². The highest BCUT2D eigenvalue weighted by Crippen LogP contribution is 2.55. The summed E-state index contributed by atoms with van der Waals surface area (Å²) < 4.78 is 20.5. The number of anilines is 3. The van der Waals surface area contributed by atoms with Crippen LogP contribution in [0.1, 0.15) is 132 Å². The van der Waals surface area contributed by atoms with Gasteiger partial charge in [0.15, 0.2) is 5.65 Å². The Morgan fingerprint density at radius 1 is 0.914 bits per heavy atom. The third kappa shape index (κ3) is 11.7. The zero-order valence-corrected chi connectivity index (χ0v) is 42.3. The van der Waals surface area contributed by atoms with Gasteiger partial charge < -0.3 is 39.8 Å². The Balaban J connectivity index is 0.685. The number of piperidine rings is 2. The minimum Gasteiger partial charge on any atom is -0.489 e. The molecule has 3 fully saturated rings. The molecule has 1 amide bonds. The van der Waals surface area contributed by atoms with E-state index in [-0.39, 0.29) is 47.6 Å². The van der Waals surface area contributed by atoms with Crippen LogP contribution in [-0.4, -0.2) is 104 Å². The highest BCUT2D eigenvalue weighted by Gasteiger charge is 2.64. The Bertz CT molecular complexity index is 2540. The minimum atomic E-state index is -0.375. The Morgan fingerprint density at radius 2 is 1.67 bits per heavy atom. The van der Waals surface area contributed by atoms with Gasteiger partial charge in [-0.1, -0.05) is 71.5 Å². The largest absolute Gasteiger partial charge is 0.489 e. The Labute approximate surface area is 417 Å². The Hall–Kier alpha value is -5.76. The van der Waals surface area contributed by atoms with Gasteiger partial charge >= 0.3 is 0 Å². The predicted octanol–water partition coefficient (Wildman–Crippen LogP) is 8.98. The number of aliphatic hydroxyl groups is 1. The molecular weight excluding hydrogens is 906 g/mol. The Morgan fingerprint density at radius 3 is 2.37 bits per heavy atom. The van der Waals surface area contributed by atoms with Crippen molar-refractivity contribution >= 4 is 40.7 Å². The number of ether oxygens (including phenoxy) is 3. The molecule has 3 aliphatic rings. The van der Waals surface area contributed by atoms with E-state index in [1.165, 1.54) is 6.42 Å². The van der Waals surface area contributed by atoms with Gasteiger partial charge in [0.25, 0.3) is 5.91 Å². The van der Waals surface area contributed by atoms with E-state index in [1.54, 1.807) is 30.6 Å². The van der Waals surface area contributed by atoms with Crippen molar-refractivity contribution in [2.45, 2.75) is 143 Å². The number of rotatable bonds is 22. The fourth-order valence-electron chi connectivity index (χ4n) is 10.9. The van der Waals surface area contributed by atoms with Crippen molar-refractivity contribution in [2.75, 3.05) is 54.6 Å². The maximum atomic E-state index is 13.4. The number of aryl methyl sites for hydroxylation is 1. The first-order valence-corrected chi connectivity index (χ1v) is 25.7. The summed E-state index contributed by atoms with van der Waals surface area (Å²) in [5, 5.41) is 30.8. The van der Waals surface area contributed by atoms with E-state index in [9.17, 15) is 15.2 Å². The fourth-order valence-corrected chi connectivity index (χ4v) is 11.1. The number of hydrogen-bond acceptors (Lipinski definition) is 14. The molecule has 5 aromatic rings. The molecule has 8 rings (SSSR count). The number of hydrogen-bond donors (Lipinski definition) is 3. The van der Waals surface area contributed by atoms with Crippen molar-refractivity contribution in [2.24, 2.45) is 10.8 Å². The molecule has 374 valence electrons. The topological polar surface area (TPSA) is 188 Å². The lowest BCUT2D eigenvalue weighted by molar-refractivity contribution is -0.164. The molecule has 0 bridgehead atoms. The molecule has 1 aromatic carbocycles. The number of unbranched alkanes of at least 4 members (excludes halogenated alkanes) is 4. The van der Waals surface area contributed by atoms with E-state index in [1.807, 2.05) is 23.0 Å². The fraction of sp³-hybridized carbons (Fsp3) is 0.566. The first-order valence-electron chi connectivity index (χ1n) is 25.3. The zero-order valence-electron chi connectivity index (χ0n) is 41.5. The zero-order chi connectivity index (χ0) is 49.3. The number of benzene rings is 1. The number of amides is 1. The molecule has 70 heavy (non-hydrogen) atoms. The van der Waals surface area contributed by atoms with Gasteiger partial charge in [-0.3, -0.25) is 4.79 Å². The number of nitrogens with zero attached hydrogens (tertiary/aromatic N) is 9. The van der Waals surface area contributed by atoms with Crippen molar-refractivity contribution in [1.82, 2.24) is 34.9 Å². The van der Waals surface area contributed by atoms with Crippen molar-refractivity contribution in [1.29, 1.82) is 5.26 Å². The monoisotopic (exact) mass is 976 g/mol. The third-order valence-corrected chi connectivity index (χ3v) is 14.8. The molecule has 17 heteroatoms. The van der Waals surface area contributed by atoms with Crippen LogP contribution in [0.4, 0.5) is 17.6 Å². The molecule has 0 radical (unpaired) electrons. The summed E-state index contributed by atoms with van der Waals surface area (Å²) in [6.45, 7) is 15.1. The van der Waals surface area contributed by atoms with Crippen LogP contribution in [0.25, 0.3) is 5.65 Å². The molecule has 4 aromatic heterocycles. The summed E-state index contributed by atoms with van der Waals surface area (Å²) in [4.78, 5) is 36.7. The van der Waals surface area contributed by atoms with E-state index < -0.39 is 0 Å². The van der Waals surface area contributed by atoms with Crippen LogP contribution in [0.5, 0.6) is 11.6 Å². The average molecular weight is 977 g/mol. The number of pyridine rings is 1. The molecule has 2 aliphatic heterocycles. The van der Waals surface area contributed by atoms with Crippen molar-refractivity contribution in [3.63, 3.8) is 0 Å². The third-order valence-electron chi connectivity index (χ3n) is 14.5. The van der Waals surface area contributed by atoms with Gasteiger partial charge in [0.2, 0.25) is 11.8 Å². The molecule has 0 unspecified atom stereocenters. The SMILES string of the molecule is CCc1cnn2c(NCc3ccc(OCCCCCCCOC4CCN(c5ncc(C(=O)NC6C(C)(C)C(Oc7ccc(C#N)c(Cl)c7)C6(C)C)cn5)CC4)nc3)cc(N3CCCC[C@H]3CCO)nc12. The second-order valence-corrected chi connectivity index (χ2v) is 20.6. The first-order chi connectivity index (χ1) is 33.9. The summed E-state index contributed by atoms with van der Waals surface area (Å²) in [5.74, 6) is 3.45. The molecule has 2 saturated heterocycles.